The van der Waals surface area contributed by atoms with Gasteiger partial charge < -0.3 is 0 Å². The highest BCUT2D eigenvalue weighted by atomic mass is 32.1. The zero-order chi connectivity index (χ0) is 11.1. The molecule has 0 atom stereocenters. The number of ketones is 1. The summed E-state index contributed by atoms with van der Waals surface area (Å²) in [6.45, 7) is 1.63. The van der Waals surface area contributed by atoms with Crippen LogP contribution >= 0.6 is 11.3 Å². The van der Waals surface area contributed by atoms with Gasteiger partial charge in [-0.15, -0.1) is 11.3 Å². The van der Waals surface area contributed by atoms with E-state index < -0.39 is 0 Å². The minimum absolute atomic E-state index is 0.133. The van der Waals surface area contributed by atoms with E-state index >= 15 is 0 Å². The molecule has 0 fully saturated rings. The summed E-state index contributed by atoms with van der Waals surface area (Å²) in [6, 6.07) is 14.2. The first-order valence-electron chi connectivity index (χ1n) is 5.18. The molecule has 0 aliphatic rings. The van der Waals surface area contributed by atoms with Crippen LogP contribution in [0.5, 0.6) is 0 Å². The predicted molar refractivity (Wildman–Crippen MR) is 69.3 cm³/mol. The van der Waals surface area contributed by atoms with Gasteiger partial charge in [0.2, 0.25) is 0 Å². The number of fused-ring (bicyclic) bond motifs is 3. The van der Waals surface area contributed by atoms with Crippen molar-refractivity contribution in [3.63, 3.8) is 0 Å². The van der Waals surface area contributed by atoms with Gasteiger partial charge in [0.15, 0.2) is 5.78 Å². The van der Waals surface area contributed by atoms with Gasteiger partial charge in [0.05, 0.1) is 0 Å². The summed E-state index contributed by atoms with van der Waals surface area (Å²) in [5.41, 5.74) is 0.829. The van der Waals surface area contributed by atoms with Crippen molar-refractivity contribution in [2.75, 3.05) is 0 Å². The third kappa shape index (κ3) is 1.27. The van der Waals surface area contributed by atoms with E-state index in [0.717, 1.165) is 10.9 Å². The SMILES string of the molecule is CC(=O)c1cccc2sc3ccccc3c12. The average Bonchev–Trinajstić information content (AvgIpc) is 2.66. The number of hydrogen-bond donors (Lipinski definition) is 0. The number of rotatable bonds is 1. The van der Waals surface area contributed by atoms with Gasteiger partial charge in [-0.1, -0.05) is 30.3 Å². The summed E-state index contributed by atoms with van der Waals surface area (Å²) in [5.74, 6) is 0.133. The van der Waals surface area contributed by atoms with Gasteiger partial charge in [-0.3, -0.25) is 4.79 Å². The van der Waals surface area contributed by atoms with E-state index in [1.54, 1.807) is 18.3 Å². The third-order valence-electron chi connectivity index (χ3n) is 2.78. The summed E-state index contributed by atoms with van der Waals surface area (Å²) in [7, 11) is 0. The Hall–Kier alpha value is -1.67. The molecule has 1 aromatic heterocycles. The lowest BCUT2D eigenvalue weighted by Crippen LogP contribution is -1.91. The highest BCUT2D eigenvalue weighted by Crippen LogP contribution is 2.35. The van der Waals surface area contributed by atoms with Crippen molar-refractivity contribution >= 4 is 37.3 Å². The van der Waals surface area contributed by atoms with E-state index in [4.69, 9.17) is 0 Å². The topological polar surface area (TPSA) is 17.1 Å². The van der Waals surface area contributed by atoms with Gasteiger partial charge in [0, 0.05) is 25.7 Å². The predicted octanol–water partition coefficient (Wildman–Crippen LogP) is 4.26. The number of carbonyl (C=O) groups is 1. The second kappa shape index (κ2) is 3.42. The van der Waals surface area contributed by atoms with Crippen LogP contribution in [0.3, 0.4) is 0 Å². The Balaban J connectivity index is 2.57. The van der Waals surface area contributed by atoms with Gasteiger partial charge in [-0.05, 0) is 19.1 Å². The molecule has 0 aliphatic heterocycles. The highest BCUT2D eigenvalue weighted by Gasteiger charge is 2.10. The first kappa shape index (κ1) is 9.55. The Morgan fingerprint density at radius 3 is 2.56 bits per heavy atom. The van der Waals surface area contributed by atoms with Gasteiger partial charge in [-0.2, -0.15) is 0 Å². The van der Waals surface area contributed by atoms with Gasteiger partial charge in [0.25, 0.3) is 0 Å². The van der Waals surface area contributed by atoms with Crippen molar-refractivity contribution in [3.05, 3.63) is 48.0 Å². The molecule has 0 N–H and O–H groups in total. The molecule has 3 rings (SSSR count). The van der Waals surface area contributed by atoms with E-state index in [-0.39, 0.29) is 5.78 Å². The zero-order valence-corrected chi connectivity index (χ0v) is 9.67. The molecule has 0 bridgehead atoms. The normalized spacial score (nSPS) is 11.1. The van der Waals surface area contributed by atoms with Crippen LogP contribution in [0, 0.1) is 0 Å². The molecule has 2 heteroatoms. The molecule has 0 unspecified atom stereocenters. The van der Waals surface area contributed by atoms with E-state index in [1.165, 1.54) is 14.8 Å². The molecule has 1 heterocycles. The van der Waals surface area contributed by atoms with Crippen molar-refractivity contribution < 1.29 is 4.79 Å². The molecular formula is C14H10OS. The third-order valence-corrected chi connectivity index (χ3v) is 3.92. The molecule has 0 amide bonds. The van der Waals surface area contributed by atoms with Crippen LogP contribution in [-0.2, 0) is 0 Å². The lowest BCUT2D eigenvalue weighted by molar-refractivity contribution is 0.101. The molecule has 16 heavy (non-hydrogen) atoms. The van der Waals surface area contributed by atoms with E-state index in [2.05, 4.69) is 18.2 Å². The van der Waals surface area contributed by atoms with E-state index in [1.807, 2.05) is 24.3 Å². The smallest absolute Gasteiger partial charge is 0.160 e. The van der Waals surface area contributed by atoms with Crippen LogP contribution in [0.1, 0.15) is 17.3 Å². The van der Waals surface area contributed by atoms with Crippen molar-refractivity contribution in [3.8, 4) is 0 Å². The van der Waals surface area contributed by atoms with Gasteiger partial charge >= 0.3 is 0 Å². The molecular weight excluding hydrogens is 216 g/mol. The number of hydrogen-bond acceptors (Lipinski definition) is 2. The second-order valence-corrected chi connectivity index (χ2v) is 4.92. The molecule has 2 aromatic carbocycles. The van der Waals surface area contributed by atoms with Crippen LogP contribution in [0.4, 0.5) is 0 Å². The van der Waals surface area contributed by atoms with Crippen LogP contribution in [0.2, 0.25) is 0 Å². The van der Waals surface area contributed by atoms with E-state index in [0.29, 0.717) is 0 Å². The molecule has 0 saturated carbocycles. The van der Waals surface area contributed by atoms with Crippen molar-refractivity contribution in [1.82, 2.24) is 0 Å². The van der Waals surface area contributed by atoms with Crippen molar-refractivity contribution in [2.24, 2.45) is 0 Å². The fourth-order valence-electron chi connectivity index (χ4n) is 2.07. The number of Topliss-reactive ketones (excluding diaryl/α,β-unsaturated/α-hetero) is 1. The monoisotopic (exact) mass is 226 g/mol. The first-order valence-corrected chi connectivity index (χ1v) is 6.00. The van der Waals surface area contributed by atoms with Gasteiger partial charge in [0.1, 0.15) is 0 Å². The van der Waals surface area contributed by atoms with E-state index in [9.17, 15) is 4.79 Å². The molecule has 0 spiro atoms. The Kier molecular flexibility index (Phi) is 2.04. The number of thiophene rings is 1. The highest BCUT2D eigenvalue weighted by molar-refractivity contribution is 7.25. The Bertz CT molecular complexity index is 694. The fraction of sp³-hybridized carbons (Fsp3) is 0.0714. The minimum atomic E-state index is 0.133. The van der Waals surface area contributed by atoms with Crippen LogP contribution in [0.25, 0.3) is 20.2 Å². The average molecular weight is 226 g/mol. The first-order chi connectivity index (χ1) is 7.77. The Morgan fingerprint density at radius 1 is 1.00 bits per heavy atom. The summed E-state index contributed by atoms with van der Waals surface area (Å²) in [5, 5.41) is 2.30. The summed E-state index contributed by atoms with van der Waals surface area (Å²) in [6.07, 6.45) is 0. The Labute approximate surface area is 97.3 Å². The maximum absolute atomic E-state index is 11.6. The van der Waals surface area contributed by atoms with Crippen LogP contribution in [0.15, 0.2) is 42.5 Å². The van der Waals surface area contributed by atoms with Crippen molar-refractivity contribution in [2.45, 2.75) is 6.92 Å². The number of carbonyl (C=O) groups excluding carboxylic acids is 1. The summed E-state index contributed by atoms with van der Waals surface area (Å²) >= 11 is 1.74. The molecule has 1 nitrogen and oxygen atoms in total. The molecule has 0 radical (unpaired) electrons. The van der Waals surface area contributed by atoms with Crippen LogP contribution in [-0.4, -0.2) is 5.78 Å². The summed E-state index contributed by atoms with van der Waals surface area (Å²) in [4.78, 5) is 11.6. The molecule has 3 aromatic rings. The van der Waals surface area contributed by atoms with Gasteiger partial charge in [-0.25, -0.2) is 0 Å². The fourth-order valence-corrected chi connectivity index (χ4v) is 3.20. The quantitative estimate of drug-likeness (QED) is 0.567. The molecule has 78 valence electrons. The molecule has 0 saturated heterocycles. The Morgan fingerprint density at radius 2 is 1.75 bits per heavy atom. The minimum Gasteiger partial charge on any atom is -0.294 e. The molecule has 0 aliphatic carbocycles. The number of benzene rings is 2. The lowest BCUT2D eigenvalue weighted by atomic mass is 10.0. The summed E-state index contributed by atoms with van der Waals surface area (Å²) < 4.78 is 2.43. The van der Waals surface area contributed by atoms with Crippen molar-refractivity contribution in [1.29, 1.82) is 0 Å². The maximum atomic E-state index is 11.6. The largest absolute Gasteiger partial charge is 0.294 e. The van der Waals surface area contributed by atoms with Crippen LogP contribution < -0.4 is 0 Å². The zero-order valence-electron chi connectivity index (χ0n) is 8.86. The second-order valence-electron chi connectivity index (χ2n) is 3.83. The lowest BCUT2D eigenvalue weighted by Gasteiger charge is -1.98. The standard InChI is InChI=1S/C14H10OS/c1-9(15)10-6-4-8-13-14(10)11-5-2-3-7-12(11)16-13/h2-8H,1H3. The maximum Gasteiger partial charge on any atom is 0.160 e.